The number of nitrogens with zero attached hydrogens (tertiary/aromatic N) is 4. The van der Waals surface area contributed by atoms with E-state index in [2.05, 4.69) is 4.98 Å². The molecule has 0 radical (unpaired) electrons. The molecule has 0 aromatic carbocycles. The van der Waals surface area contributed by atoms with Crippen LogP contribution >= 0.6 is 0 Å². The maximum Gasteiger partial charge on any atom is 0.417 e. The van der Waals surface area contributed by atoms with E-state index in [4.69, 9.17) is 4.74 Å². The van der Waals surface area contributed by atoms with Gasteiger partial charge in [-0.15, -0.1) is 0 Å². The minimum Gasteiger partial charge on any atom is -0.384 e. The van der Waals surface area contributed by atoms with E-state index < -0.39 is 34.4 Å². The average molecular weight is 414 g/mol. The summed E-state index contributed by atoms with van der Waals surface area (Å²) in [6, 6.07) is 0.157. The Kier molecular flexibility index (Phi) is 5.52. The van der Waals surface area contributed by atoms with Crippen molar-refractivity contribution in [1.82, 2.24) is 19.0 Å². The van der Waals surface area contributed by atoms with Gasteiger partial charge in [-0.3, -0.25) is 18.7 Å². The fraction of sp³-hybridized carbons (Fsp3) is 0.556. The van der Waals surface area contributed by atoms with Crippen LogP contribution in [0, 0.1) is 0 Å². The van der Waals surface area contributed by atoms with E-state index >= 15 is 0 Å². The minimum atomic E-state index is -4.83. The molecule has 2 aromatic rings. The molecule has 1 unspecified atom stereocenters. The lowest BCUT2D eigenvalue weighted by Crippen LogP contribution is -2.39. The number of ether oxygens (including phenoxy) is 1. The summed E-state index contributed by atoms with van der Waals surface area (Å²) < 4.78 is 47.8. The number of aromatic nitrogens is 3. The third-order valence-corrected chi connectivity index (χ3v) is 5.17. The largest absolute Gasteiger partial charge is 0.417 e. The molecule has 3 heterocycles. The Labute approximate surface area is 163 Å². The summed E-state index contributed by atoms with van der Waals surface area (Å²) in [5.74, 6) is -0.248. The van der Waals surface area contributed by atoms with Crippen molar-refractivity contribution in [1.29, 1.82) is 0 Å². The molecule has 11 heteroatoms. The van der Waals surface area contributed by atoms with Gasteiger partial charge >= 0.3 is 11.9 Å². The van der Waals surface area contributed by atoms with E-state index in [1.165, 1.54) is 19.1 Å². The molecule has 0 aliphatic carbocycles. The fourth-order valence-electron chi connectivity index (χ4n) is 3.67. The summed E-state index contributed by atoms with van der Waals surface area (Å²) in [6.45, 7) is 0.593. The lowest BCUT2D eigenvalue weighted by Gasteiger charge is -2.25. The van der Waals surface area contributed by atoms with Crippen LogP contribution in [-0.2, 0) is 29.8 Å². The Morgan fingerprint density at radius 3 is 2.59 bits per heavy atom. The molecular weight excluding hydrogens is 393 g/mol. The number of amides is 1. The molecule has 1 aliphatic rings. The van der Waals surface area contributed by atoms with Crippen LogP contribution in [0.25, 0.3) is 11.0 Å². The third kappa shape index (κ3) is 3.66. The number of halogens is 3. The molecule has 29 heavy (non-hydrogen) atoms. The topological polar surface area (TPSA) is 86.4 Å². The molecule has 0 N–H and O–H groups in total. The third-order valence-electron chi connectivity index (χ3n) is 5.17. The van der Waals surface area contributed by atoms with E-state index in [0.717, 1.165) is 17.7 Å². The number of hydrogen-bond donors (Lipinski definition) is 0. The highest BCUT2D eigenvalue weighted by Gasteiger charge is 2.38. The van der Waals surface area contributed by atoms with Crippen molar-refractivity contribution in [2.45, 2.75) is 31.5 Å². The highest BCUT2D eigenvalue weighted by atomic mass is 19.4. The summed E-state index contributed by atoms with van der Waals surface area (Å²) in [7, 11) is 3.83. The van der Waals surface area contributed by atoms with E-state index in [9.17, 15) is 27.6 Å². The van der Waals surface area contributed by atoms with E-state index in [0.29, 0.717) is 24.0 Å². The SMILES string of the molecule is COCCC(=O)N1CCCC1c1cc(C(F)(F)F)c2c(=O)n(C)c(=O)n(C)c2n1. The first-order valence-corrected chi connectivity index (χ1v) is 9.04. The van der Waals surface area contributed by atoms with Crippen LogP contribution in [0.2, 0.25) is 0 Å². The second-order valence-corrected chi connectivity index (χ2v) is 6.98. The van der Waals surface area contributed by atoms with Gasteiger partial charge in [-0.05, 0) is 18.9 Å². The van der Waals surface area contributed by atoms with Gasteiger partial charge in [0.15, 0.2) is 0 Å². The summed E-state index contributed by atoms with van der Waals surface area (Å²) in [4.78, 5) is 42.8. The maximum atomic E-state index is 13.8. The van der Waals surface area contributed by atoms with Crippen LogP contribution in [0.4, 0.5) is 13.2 Å². The van der Waals surface area contributed by atoms with Crippen molar-refractivity contribution in [3.05, 3.63) is 38.2 Å². The van der Waals surface area contributed by atoms with Crippen molar-refractivity contribution in [3.8, 4) is 0 Å². The van der Waals surface area contributed by atoms with Crippen LogP contribution in [0.5, 0.6) is 0 Å². The van der Waals surface area contributed by atoms with E-state index in [-0.39, 0.29) is 30.3 Å². The first-order chi connectivity index (χ1) is 13.6. The summed E-state index contributed by atoms with van der Waals surface area (Å²) in [5, 5.41) is -0.666. The molecule has 3 rings (SSSR count). The summed E-state index contributed by atoms with van der Waals surface area (Å²) >= 11 is 0. The Balaban J connectivity index is 2.24. The Morgan fingerprint density at radius 2 is 1.97 bits per heavy atom. The highest BCUT2D eigenvalue weighted by molar-refractivity contribution is 5.80. The molecular formula is C18H21F3N4O4. The standard InChI is InChI=1S/C18H21F3N4O4/c1-23-15-14(16(27)24(2)17(23)28)10(18(19,20)21)9-11(22-15)12-5-4-7-25(12)13(26)6-8-29-3/h9,12H,4-8H2,1-3H3. The molecule has 2 aromatic heterocycles. The van der Waals surface area contributed by atoms with Crippen LogP contribution in [-0.4, -0.2) is 45.2 Å². The summed E-state index contributed by atoms with van der Waals surface area (Å²) in [5.41, 5.74) is -3.34. The van der Waals surface area contributed by atoms with Gasteiger partial charge in [-0.25, -0.2) is 9.78 Å². The predicted molar refractivity (Wildman–Crippen MR) is 97.4 cm³/mol. The van der Waals surface area contributed by atoms with Crippen molar-refractivity contribution in [2.75, 3.05) is 20.3 Å². The number of carbonyl (C=O) groups excluding carboxylic acids is 1. The zero-order chi connectivity index (χ0) is 21.5. The van der Waals surface area contributed by atoms with Crippen LogP contribution in [0.1, 0.15) is 36.6 Å². The van der Waals surface area contributed by atoms with Gasteiger partial charge in [0.1, 0.15) is 5.65 Å². The fourth-order valence-corrected chi connectivity index (χ4v) is 3.67. The van der Waals surface area contributed by atoms with E-state index in [1.54, 1.807) is 0 Å². The zero-order valence-electron chi connectivity index (χ0n) is 16.2. The van der Waals surface area contributed by atoms with Crippen LogP contribution in [0.3, 0.4) is 0 Å². The molecule has 1 amide bonds. The Morgan fingerprint density at radius 1 is 1.28 bits per heavy atom. The lowest BCUT2D eigenvalue weighted by molar-refractivity contribution is -0.136. The van der Waals surface area contributed by atoms with Gasteiger partial charge in [0, 0.05) is 27.7 Å². The predicted octanol–water partition coefficient (Wildman–Crippen LogP) is 1.35. The van der Waals surface area contributed by atoms with Gasteiger partial charge in [-0.2, -0.15) is 13.2 Å². The Hall–Kier alpha value is -2.69. The molecule has 1 saturated heterocycles. The number of carbonyl (C=O) groups is 1. The normalized spacial score (nSPS) is 17.3. The van der Waals surface area contributed by atoms with Crippen molar-refractivity contribution < 1.29 is 22.7 Å². The molecule has 158 valence electrons. The van der Waals surface area contributed by atoms with Gasteiger partial charge in [0.25, 0.3) is 5.56 Å². The number of likely N-dealkylation sites (tertiary alicyclic amines) is 1. The number of pyridine rings is 1. The molecule has 8 nitrogen and oxygen atoms in total. The molecule has 0 bridgehead atoms. The highest BCUT2D eigenvalue weighted by Crippen LogP contribution is 2.37. The first-order valence-electron chi connectivity index (χ1n) is 9.04. The van der Waals surface area contributed by atoms with E-state index in [1.807, 2.05) is 0 Å². The first kappa shape index (κ1) is 21.0. The number of methoxy groups -OCH3 is 1. The number of aryl methyl sites for hydroxylation is 1. The number of hydrogen-bond acceptors (Lipinski definition) is 5. The number of alkyl halides is 3. The smallest absolute Gasteiger partial charge is 0.384 e. The molecule has 1 aliphatic heterocycles. The molecule has 0 spiro atoms. The molecule has 1 atom stereocenters. The summed E-state index contributed by atoms with van der Waals surface area (Å²) in [6.07, 6.45) is -3.68. The minimum absolute atomic E-state index is 0.0105. The van der Waals surface area contributed by atoms with Crippen molar-refractivity contribution in [2.24, 2.45) is 14.1 Å². The Bertz CT molecular complexity index is 1070. The van der Waals surface area contributed by atoms with Gasteiger partial charge in [0.05, 0.1) is 35.7 Å². The van der Waals surface area contributed by atoms with Crippen LogP contribution < -0.4 is 11.2 Å². The quantitative estimate of drug-likeness (QED) is 0.754. The molecule has 1 fully saturated rings. The lowest BCUT2D eigenvalue weighted by atomic mass is 10.0. The van der Waals surface area contributed by atoms with Gasteiger partial charge < -0.3 is 9.64 Å². The van der Waals surface area contributed by atoms with Crippen molar-refractivity contribution in [3.63, 3.8) is 0 Å². The number of rotatable bonds is 4. The van der Waals surface area contributed by atoms with Crippen LogP contribution in [0.15, 0.2) is 15.7 Å². The molecule has 0 saturated carbocycles. The monoisotopic (exact) mass is 414 g/mol. The second kappa shape index (κ2) is 7.62. The average Bonchev–Trinajstić information content (AvgIpc) is 3.17. The van der Waals surface area contributed by atoms with Gasteiger partial charge in [0.2, 0.25) is 5.91 Å². The number of fused-ring (bicyclic) bond motifs is 1. The second-order valence-electron chi connectivity index (χ2n) is 6.98. The zero-order valence-corrected chi connectivity index (χ0v) is 16.2. The van der Waals surface area contributed by atoms with Crippen molar-refractivity contribution >= 4 is 16.9 Å². The van der Waals surface area contributed by atoms with Gasteiger partial charge in [-0.1, -0.05) is 0 Å². The maximum absolute atomic E-state index is 13.8.